The third-order valence-electron chi connectivity index (χ3n) is 3.13. The molecule has 2 heterocycles. The van der Waals surface area contributed by atoms with Gasteiger partial charge >= 0.3 is 0 Å². The Morgan fingerprint density at radius 3 is 2.83 bits per heavy atom. The molecular formula is C13H22N4O. The minimum Gasteiger partial charge on any atom is -0.376 e. The molecule has 1 aromatic heterocycles. The minimum absolute atomic E-state index is 0.317. The van der Waals surface area contributed by atoms with Crippen LogP contribution in [0, 0.1) is 0 Å². The number of nitrogens with zero attached hydrogens (tertiary/aromatic N) is 2. The first-order chi connectivity index (χ1) is 8.81. The van der Waals surface area contributed by atoms with Crippen LogP contribution < -0.4 is 10.6 Å². The van der Waals surface area contributed by atoms with Crippen molar-refractivity contribution in [3.8, 4) is 0 Å². The van der Waals surface area contributed by atoms with E-state index in [9.17, 15) is 0 Å². The van der Waals surface area contributed by atoms with Crippen molar-refractivity contribution in [3.63, 3.8) is 0 Å². The van der Waals surface area contributed by atoms with Gasteiger partial charge in [0.15, 0.2) is 0 Å². The van der Waals surface area contributed by atoms with Crippen LogP contribution in [0.25, 0.3) is 0 Å². The van der Waals surface area contributed by atoms with E-state index in [4.69, 9.17) is 4.74 Å². The molecule has 0 amide bonds. The largest absolute Gasteiger partial charge is 0.376 e. The molecule has 1 atom stereocenters. The van der Waals surface area contributed by atoms with Gasteiger partial charge < -0.3 is 15.4 Å². The number of anilines is 2. The molecule has 0 radical (unpaired) electrons. The molecule has 5 nitrogen and oxygen atoms in total. The standard InChI is InChI=1S/C13H22N4O/c1-3-11-16-12(14-2)8-13(17-11)15-9-10-6-4-5-7-18-10/h8,10H,3-7,9H2,1-2H3,(H2,14,15,16,17). The second-order valence-corrected chi connectivity index (χ2v) is 4.53. The summed E-state index contributed by atoms with van der Waals surface area (Å²) in [6.07, 6.45) is 4.74. The highest BCUT2D eigenvalue weighted by Gasteiger charge is 2.13. The van der Waals surface area contributed by atoms with Gasteiger partial charge in [0.05, 0.1) is 6.10 Å². The number of aryl methyl sites for hydroxylation is 1. The molecule has 1 unspecified atom stereocenters. The summed E-state index contributed by atoms with van der Waals surface area (Å²) in [6.45, 7) is 3.77. The summed E-state index contributed by atoms with van der Waals surface area (Å²) in [7, 11) is 1.87. The molecule has 1 aromatic rings. The van der Waals surface area contributed by atoms with Crippen molar-refractivity contribution >= 4 is 11.6 Å². The van der Waals surface area contributed by atoms with E-state index in [1.165, 1.54) is 12.8 Å². The summed E-state index contributed by atoms with van der Waals surface area (Å²) >= 11 is 0. The fourth-order valence-corrected chi connectivity index (χ4v) is 2.06. The first-order valence-electron chi connectivity index (χ1n) is 6.73. The molecule has 5 heteroatoms. The summed E-state index contributed by atoms with van der Waals surface area (Å²) in [5, 5.41) is 6.41. The molecule has 1 saturated heterocycles. The minimum atomic E-state index is 0.317. The summed E-state index contributed by atoms with van der Waals surface area (Å²) in [4.78, 5) is 8.84. The van der Waals surface area contributed by atoms with Crippen LogP contribution in [0.5, 0.6) is 0 Å². The predicted octanol–water partition coefficient (Wildman–Crippen LogP) is 2.06. The van der Waals surface area contributed by atoms with Crippen molar-refractivity contribution in [1.82, 2.24) is 9.97 Å². The Morgan fingerprint density at radius 2 is 2.17 bits per heavy atom. The highest BCUT2D eigenvalue weighted by atomic mass is 16.5. The quantitative estimate of drug-likeness (QED) is 0.837. The van der Waals surface area contributed by atoms with E-state index in [2.05, 4.69) is 27.5 Å². The molecule has 0 aromatic carbocycles. The monoisotopic (exact) mass is 250 g/mol. The Kier molecular flexibility index (Phi) is 4.75. The van der Waals surface area contributed by atoms with Crippen LogP contribution in [0.2, 0.25) is 0 Å². The maximum atomic E-state index is 5.69. The molecule has 1 fully saturated rings. The average molecular weight is 250 g/mol. The zero-order valence-corrected chi connectivity index (χ0v) is 11.2. The summed E-state index contributed by atoms with van der Waals surface area (Å²) in [5.74, 6) is 2.59. The van der Waals surface area contributed by atoms with E-state index in [1.807, 2.05) is 13.1 Å². The molecule has 0 bridgehead atoms. The molecule has 0 spiro atoms. The molecule has 2 N–H and O–H groups in total. The maximum absolute atomic E-state index is 5.69. The van der Waals surface area contributed by atoms with Crippen molar-refractivity contribution in [2.75, 3.05) is 30.8 Å². The van der Waals surface area contributed by atoms with Gasteiger partial charge in [0.25, 0.3) is 0 Å². The molecule has 2 rings (SSSR count). The van der Waals surface area contributed by atoms with E-state index >= 15 is 0 Å². The van der Waals surface area contributed by atoms with Crippen LogP contribution in [0.1, 0.15) is 32.0 Å². The molecule has 0 aliphatic carbocycles. The highest BCUT2D eigenvalue weighted by molar-refractivity contribution is 5.47. The van der Waals surface area contributed by atoms with Crippen LogP contribution in [0.15, 0.2) is 6.07 Å². The Labute approximate surface area is 108 Å². The number of aromatic nitrogens is 2. The van der Waals surface area contributed by atoms with Gasteiger partial charge in [0.1, 0.15) is 17.5 Å². The summed E-state index contributed by atoms with van der Waals surface area (Å²) in [6, 6.07) is 1.93. The van der Waals surface area contributed by atoms with Crippen LogP contribution in [0.4, 0.5) is 11.6 Å². The number of rotatable bonds is 5. The third kappa shape index (κ3) is 3.57. The SMILES string of the molecule is CCc1nc(NC)cc(NCC2CCCCO2)n1. The first-order valence-corrected chi connectivity index (χ1v) is 6.73. The van der Waals surface area contributed by atoms with Crippen molar-refractivity contribution in [2.45, 2.75) is 38.7 Å². The van der Waals surface area contributed by atoms with Gasteiger partial charge in [-0.05, 0) is 19.3 Å². The molecular weight excluding hydrogens is 228 g/mol. The fraction of sp³-hybridized carbons (Fsp3) is 0.692. The zero-order valence-electron chi connectivity index (χ0n) is 11.2. The lowest BCUT2D eigenvalue weighted by Gasteiger charge is -2.23. The topological polar surface area (TPSA) is 59.1 Å². The van der Waals surface area contributed by atoms with E-state index in [0.29, 0.717) is 6.10 Å². The third-order valence-corrected chi connectivity index (χ3v) is 3.13. The molecule has 1 aliphatic heterocycles. The lowest BCUT2D eigenvalue weighted by atomic mass is 10.1. The van der Waals surface area contributed by atoms with Crippen molar-refractivity contribution in [3.05, 3.63) is 11.9 Å². The van der Waals surface area contributed by atoms with Crippen molar-refractivity contribution in [2.24, 2.45) is 0 Å². The van der Waals surface area contributed by atoms with Crippen molar-refractivity contribution < 1.29 is 4.74 Å². The van der Waals surface area contributed by atoms with E-state index in [-0.39, 0.29) is 0 Å². The van der Waals surface area contributed by atoms with Crippen LogP contribution in [-0.2, 0) is 11.2 Å². The van der Waals surface area contributed by atoms with E-state index in [0.717, 1.165) is 43.5 Å². The summed E-state index contributed by atoms with van der Waals surface area (Å²) < 4.78 is 5.69. The van der Waals surface area contributed by atoms with Gasteiger partial charge in [-0.2, -0.15) is 0 Å². The number of nitrogens with one attached hydrogen (secondary N) is 2. The zero-order chi connectivity index (χ0) is 12.8. The molecule has 0 saturated carbocycles. The van der Waals surface area contributed by atoms with Gasteiger partial charge in [0, 0.05) is 32.7 Å². The Morgan fingerprint density at radius 1 is 1.33 bits per heavy atom. The second-order valence-electron chi connectivity index (χ2n) is 4.53. The van der Waals surface area contributed by atoms with E-state index < -0.39 is 0 Å². The van der Waals surface area contributed by atoms with Crippen LogP contribution >= 0.6 is 0 Å². The van der Waals surface area contributed by atoms with Gasteiger partial charge in [-0.1, -0.05) is 6.92 Å². The maximum Gasteiger partial charge on any atom is 0.132 e. The number of hydrogen-bond acceptors (Lipinski definition) is 5. The number of ether oxygens (including phenoxy) is 1. The fourth-order valence-electron chi connectivity index (χ4n) is 2.06. The van der Waals surface area contributed by atoms with Gasteiger partial charge in [-0.3, -0.25) is 0 Å². The van der Waals surface area contributed by atoms with Gasteiger partial charge in [-0.15, -0.1) is 0 Å². The first kappa shape index (κ1) is 13.1. The Hall–Kier alpha value is -1.36. The Balaban J connectivity index is 1.94. The Bertz CT molecular complexity index is 355. The van der Waals surface area contributed by atoms with Gasteiger partial charge in [0.2, 0.25) is 0 Å². The second kappa shape index (κ2) is 6.54. The highest BCUT2D eigenvalue weighted by Crippen LogP contribution is 2.15. The lowest BCUT2D eigenvalue weighted by Crippen LogP contribution is -2.27. The molecule has 1 aliphatic rings. The average Bonchev–Trinajstić information content (AvgIpc) is 2.45. The normalized spacial score (nSPS) is 19.6. The van der Waals surface area contributed by atoms with Crippen LogP contribution in [0.3, 0.4) is 0 Å². The smallest absolute Gasteiger partial charge is 0.132 e. The van der Waals surface area contributed by atoms with E-state index in [1.54, 1.807) is 0 Å². The van der Waals surface area contributed by atoms with Crippen molar-refractivity contribution in [1.29, 1.82) is 0 Å². The predicted molar refractivity (Wildman–Crippen MR) is 73.0 cm³/mol. The summed E-state index contributed by atoms with van der Waals surface area (Å²) in [5.41, 5.74) is 0. The van der Waals surface area contributed by atoms with Gasteiger partial charge in [-0.25, -0.2) is 9.97 Å². The lowest BCUT2D eigenvalue weighted by molar-refractivity contribution is 0.0247. The number of hydrogen-bond donors (Lipinski definition) is 2. The molecule has 100 valence electrons. The molecule has 18 heavy (non-hydrogen) atoms. The van der Waals surface area contributed by atoms with Crippen LogP contribution in [-0.4, -0.2) is 36.3 Å².